The van der Waals surface area contributed by atoms with Crippen LogP contribution < -0.4 is 9.47 Å². The molecule has 1 unspecified atom stereocenters. The Morgan fingerprint density at radius 3 is 2.00 bits per heavy atom. The summed E-state index contributed by atoms with van der Waals surface area (Å²) in [6.07, 6.45) is 2.89. The molecule has 2 aromatic carbocycles. The highest BCUT2D eigenvalue weighted by molar-refractivity contribution is 8.09. The lowest BCUT2D eigenvalue weighted by atomic mass is 9.88. The van der Waals surface area contributed by atoms with Gasteiger partial charge in [0.25, 0.3) is 0 Å². The zero-order chi connectivity index (χ0) is 22.7. The molecule has 2 aliphatic rings. The second kappa shape index (κ2) is 9.88. The van der Waals surface area contributed by atoms with E-state index >= 15 is 0 Å². The number of hydroxylamine groups is 2. The lowest BCUT2D eigenvalue weighted by Gasteiger charge is -2.35. The summed E-state index contributed by atoms with van der Waals surface area (Å²) >= 11 is 1.96. The van der Waals surface area contributed by atoms with E-state index in [0.29, 0.717) is 29.3 Å². The molecule has 6 nitrogen and oxygen atoms in total. The number of allylic oxidation sites excluding steroid dienone is 1. The zero-order valence-corrected chi connectivity index (χ0v) is 19.6. The van der Waals surface area contributed by atoms with Crippen molar-refractivity contribution in [2.75, 3.05) is 34.4 Å². The molecule has 0 spiro atoms. The van der Waals surface area contributed by atoms with Crippen LogP contribution in [-0.2, 0) is 0 Å². The fourth-order valence-corrected chi connectivity index (χ4v) is 6.15. The third kappa shape index (κ3) is 4.74. The molecule has 32 heavy (non-hydrogen) atoms. The van der Waals surface area contributed by atoms with Gasteiger partial charge in [-0.3, -0.25) is 5.21 Å². The fourth-order valence-electron chi connectivity index (χ4n) is 4.51. The minimum absolute atomic E-state index is 0.321. The Balaban J connectivity index is 1.55. The number of ether oxygens (including phenoxy) is 2. The normalized spacial score (nSPS) is 19.2. The lowest BCUT2D eigenvalue weighted by molar-refractivity contribution is -0.0365. The van der Waals surface area contributed by atoms with Crippen LogP contribution in [0.1, 0.15) is 30.4 Å². The average molecular weight is 455 g/mol. The van der Waals surface area contributed by atoms with Crippen molar-refractivity contribution < 1.29 is 19.5 Å². The predicted octanol–water partition coefficient (Wildman–Crippen LogP) is 5.23. The summed E-state index contributed by atoms with van der Waals surface area (Å²) in [6.45, 7) is 1.36. The molecule has 1 fully saturated rings. The van der Waals surface area contributed by atoms with Crippen molar-refractivity contribution in [3.8, 4) is 11.5 Å². The van der Waals surface area contributed by atoms with E-state index in [2.05, 4.69) is 24.3 Å². The van der Waals surface area contributed by atoms with Crippen molar-refractivity contribution in [3.63, 3.8) is 0 Å². The number of carbonyl (C=O) groups excluding carboxylic acids is 1. The zero-order valence-electron chi connectivity index (χ0n) is 18.8. The Kier molecular flexibility index (Phi) is 6.96. The standard InChI is InChI=1S/C25H30N2O4S/c1-26(29)25(28)27-14-12-18(13-15-27)23-16-22(17-4-8-20(30-2)9-5-17)24(32-23)19-6-10-21(31-3)11-7-19/h4-11,18,23,29H,12-16H2,1-3H3. The molecule has 1 atom stereocenters. The van der Waals surface area contributed by atoms with Gasteiger partial charge in [-0.1, -0.05) is 24.3 Å². The smallest absolute Gasteiger partial charge is 0.343 e. The summed E-state index contributed by atoms with van der Waals surface area (Å²) in [7, 11) is 4.75. The van der Waals surface area contributed by atoms with E-state index in [4.69, 9.17) is 9.47 Å². The van der Waals surface area contributed by atoms with Crippen molar-refractivity contribution in [1.82, 2.24) is 9.96 Å². The largest absolute Gasteiger partial charge is 0.497 e. The van der Waals surface area contributed by atoms with Gasteiger partial charge in [-0.15, -0.1) is 11.8 Å². The van der Waals surface area contributed by atoms with Gasteiger partial charge in [0.05, 0.1) is 14.2 Å². The predicted molar refractivity (Wildman–Crippen MR) is 128 cm³/mol. The van der Waals surface area contributed by atoms with Gasteiger partial charge in [0.1, 0.15) is 11.5 Å². The number of hydrogen-bond donors (Lipinski definition) is 1. The monoisotopic (exact) mass is 454 g/mol. The molecule has 2 aliphatic heterocycles. The van der Waals surface area contributed by atoms with Gasteiger partial charge < -0.3 is 14.4 Å². The van der Waals surface area contributed by atoms with E-state index in [1.807, 2.05) is 36.0 Å². The van der Waals surface area contributed by atoms with Crippen LogP contribution in [0.15, 0.2) is 48.5 Å². The van der Waals surface area contributed by atoms with Gasteiger partial charge in [0.15, 0.2) is 0 Å². The number of amides is 2. The maximum atomic E-state index is 12.1. The van der Waals surface area contributed by atoms with Crippen molar-refractivity contribution in [3.05, 3.63) is 59.7 Å². The molecule has 2 amide bonds. The van der Waals surface area contributed by atoms with Crippen molar-refractivity contribution in [2.24, 2.45) is 5.92 Å². The van der Waals surface area contributed by atoms with E-state index in [1.54, 1.807) is 19.1 Å². The van der Waals surface area contributed by atoms with E-state index in [-0.39, 0.29) is 6.03 Å². The molecule has 170 valence electrons. The quantitative estimate of drug-likeness (QED) is 0.495. The van der Waals surface area contributed by atoms with E-state index in [1.165, 1.54) is 28.7 Å². The van der Waals surface area contributed by atoms with Gasteiger partial charge in [-0.25, -0.2) is 9.86 Å². The number of likely N-dealkylation sites (tertiary alicyclic amines) is 1. The van der Waals surface area contributed by atoms with Gasteiger partial charge in [0, 0.05) is 30.3 Å². The third-order valence-corrected chi connectivity index (χ3v) is 7.92. The number of benzene rings is 2. The van der Waals surface area contributed by atoms with Crippen molar-refractivity contribution >= 4 is 28.3 Å². The summed E-state index contributed by atoms with van der Waals surface area (Å²) in [5, 5.41) is 10.6. The first-order valence-corrected chi connectivity index (χ1v) is 11.8. The molecule has 0 radical (unpaired) electrons. The number of hydrogen-bond acceptors (Lipinski definition) is 5. The summed E-state index contributed by atoms with van der Waals surface area (Å²) in [4.78, 5) is 15.1. The second-order valence-electron chi connectivity index (χ2n) is 8.26. The summed E-state index contributed by atoms with van der Waals surface area (Å²) in [5.41, 5.74) is 3.79. The number of thioether (sulfide) groups is 1. The highest BCUT2D eigenvalue weighted by Crippen LogP contribution is 2.52. The van der Waals surface area contributed by atoms with E-state index in [9.17, 15) is 10.0 Å². The van der Waals surface area contributed by atoms with Crippen molar-refractivity contribution in [1.29, 1.82) is 0 Å². The van der Waals surface area contributed by atoms with Gasteiger partial charge in [-0.2, -0.15) is 0 Å². The van der Waals surface area contributed by atoms with Gasteiger partial charge >= 0.3 is 6.03 Å². The molecule has 0 aromatic heterocycles. The molecule has 0 saturated carbocycles. The minimum atomic E-state index is -0.321. The Labute approximate surface area is 193 Å². The summed E-state index contributed by atoms with van der Waals surface area (Å²) in [6, 6.07) is 16.3. The topological polar surface area (TPSA) is 62.2 Å². The minimum Gasteiger partial charge on any atom is -0.497 e. The Morgan fingerprint density at radius 2 is 1.50 bits per heavy atom. The number of urea groups is 1. The molecule has 2 heterocycles. The fraction of sp³-hybridized carbons (Fsp3) is 0.400. The Hall–Kier alpha value is -2.64. The average Bonchev–Trinajstić information content (AvgIpc) is 3.29. The maximum Gasteiger partial charge on any atom is 0.343 e. The highest BCUT2D eigenvalue weighted by atomic mass is 32.2. The van der Waals surface area contributed by atoms with Crippen LogP contribution in [0.5, 0.6) is 11.5 Å². The Morgan fingerprint density at radius 1 is 0.969 bits per heavy atom. The van der Waals surface area contributed by atoms with Gasteiger partial charge in [0.2, 0.25) is 0 Å². The number of methoxy groups -OCH3 is 2. The first-order valence-electron chi connectivity index (χ1n) is 10.9. The molecule has 0 aliphatic carbocycles. The lowest BCUT2D eigenvalue weighted by Crippen LogP contribution is -2.45. The first kappa shape index (κ1) is 22.6. The molecule has 2 aromatic rings. The van der Waals surface area contributed by atoms with Crippen LogP contribution in [0.3, 0.4) is 0 Å². The molecule has 1 N–H and O–H groups in total. The second-order valence-corrected chi connectivity index (χ2v) is 9.51. The van der Waals surface area contributed by atoms with E-state index < -0.39 is 0 Å². The number of nitrogens with zero attached hydrogens (tertiary/aromatic N) is 2. The maximum absolute atomic E-state index is 12.1. The van der Waals surface area contributed by atoms with Crippen LogP contribution in [0.25, 0.3) is 10.5 Å². The van der Waals surface area contributed by atoms with Crippen LogP contribution in [-0.4, -0.2) is 60.8 Å². The first-order chi connectivity index (χ1) is 15.5. The molecular formula is C25H30N2O4S. The SMILES string of the molecule is COc1ccc(C2=C(c3ccc(OC)cc3)SC(C3CCN(C(=O)N(C)O)CC3)C2)cc1. The number of piperidine rings is 1. The molecule has 1 saturated heterocycles. The van der Waals surface area contributed by atoms with Gasteiger partial charge in [-0.05, 0) is 66.1 Å². The third-order valence-electron chi connectivity index (χ3n) is 6.35. The highest BCUT2D eigenvalue weighted by Gasteiger charge is 2.35. The molecule has 7 heteroatoms. The summed E-state index contributed by atoms with van der Waals surface area (Å²) < 4.78 is 10.7. The molecular weight excluding hydrogens is 424 g/mol. The Bertz CT molecular complexity index is 905. The van der Waals surface area contributed by atoms with Crippen LogP contribution in [0.2, 0.25) is 0 Å². The van der Waals surface area contributed by atoms with E-state index in [0.717, 1.165) is 30.8 Å². The number of rotatable bonds is 5. The summed E-state index contributed by atoms with van der Waals surface area (Å²) in [5.74, 6) is 2.23. The van der Waals surface area contributed by atoms with Crippen LogP contribution >= 0.6 is 11.8 Å². The molecule has 0 bridgehead atoms. The van der Waals surface area contributed by atoms with Crippen LogP contribution in [0, 0.1) is 5.92 Å². The number of carbonyl (C=O) groups is 1. The molecule has 4 rings (SSSR count). The van der Waals surface area contributed by atoms with Crippen LogP contribution in [0.4, 0.5) is 4.79 Å². The van der Waals surface area contributed by atoms with Crippen molar-refractivity contribution in [2.45, 2.75) is 24.5 Å².